The predicted octanol–water partition coefficient (Wildman–Crippen LogP) is 3.57. The first kappa shape index (κ1) is 18.5. The summed E-state index contributed by atoms with van der Waals surface area (Å²) in [6, 6.07) is 12.2. The highest BCUT2D eigenvalue weighted by molar-refractivity contribution is 5.90. The smallest absolute Gasteiger partial charge is 0.278 e. The van der Waals surface area contributed by atoms with E-state index >= 15 is 0 Å². The minimum atomic E-state index is -0.497. The van der Waals surface area contributed by atoms with Crippen LogP contribution in [0.2, 0.25) is 0 Å². The summed E-state index contributed by atoms with van der Waals surface area (Å²) in [6.07, 6.45) is 2.73. The maximum Gasteiger partial charge on any atom is 0.278 e. The quantitative estimate of drug-likeness (QED) is 0.395. The van der Waals surface area contributed by atoms with Crippen molar-refractivity contribution in [2.75, 3.05) is 5.73 Å². The van der Waals surface area contributed by atoms with Crippen molar-refractivity contribution in [1.82, 2.24) is 9.97 Å². The normalized spacial score (nSPS) is 10.3. The zero-order chi connectivity index (χ0) is 20.3. The van der Waals surface area contributed by atoms with Crippen LogP contribution in [0.4, 0.5) is 17.1 Å². The van der Waals surface area contributed by atoms with Crippen LogP contribution in [0.5, 0.6) is 5.75 Å². The number of aromatic hydroxyl groups is 1. The molecule has 10 nitrogen and oxygen atoms in total. The van der Waals surface area contributed by atoms with Gasteiger partial charge in [-0.05, 0) is 24.3 Å². The van der Waals surface area contributed by atoms with Gasteiger partial charge < -0.3 is 10.8 Å². The highest BCUT2D eigenvalue weighted by Crippen LogP contribution is 2.26. The van der Waals surface area contributed by atoms with Gasteiger partial charge in [-0.1, -0.05) is 12.1 Å². The molecule has 0 amide bonds. The van der Waals surface area contributed by atoms with E-state index in [0.29, 0.717) is 27.5 Å². The molecule has 0 aliphatic carbocycles. The monoisotopic (exact) mass is 379 g/mol. The molecule has 2 aromatic carbocycles. The molecule has 10 heteroatoms. The van der Waals surface area contributed by atoms with Gasteiger partial charge in [0.2, 0.25) is 0 Å². The summed E-state index contributed by atoms with van der Waals surface area (Å²) in [5.74, 6) is -0.0770. The molecule has 2 aromatic heterocycles. The van der Waals surface area contributed by atoms with E-state index in [1.807, 2.05) is 0 Å². The lowest BCUT2D eigenvalue weighted by Gasteiger charge is -1.99. The third-order valence-corrected chi connectivity index (χ3v) is 3.81. The molecule has 0 saturated heterocycles. The van der Waals surface area contributed by atoms with E-state index < -0.39 is 9.85 Å². The van der Waals surface area contributed by atoms with E-state index in [2.05, 4.69) is 9.97 Å². The molecule has 3 N–H and O–H groups in total. The lowest BCUT2D eigenvalue weighted by atomic mass is 10.2. The molecule has 0 atom stereocenters. The van der Waals surface area contributed by atoms with E-state index in [1.165, 1.54) is 30.6 Å². The number of nitro benzene ring substituents is 2. The van der Waals surface area contributed by atoms with Crippen molar-refractivity contribution in [1.29, 1.82) is 0 Å². The molecule has 0 unspecified atom stereocenters. The molecule has 0 aliphatic rings. The molecule has 0 saturated carbocycles. The third kappa shape index (κ3) is 3.75. The number of nitro groups is 2. The highest BCUT2D eigenvalue weighted by Gasteiger charge is 2.12. The molecule has 0 bridgehead atoms. The van der Waals surface area contributed by atoms with Gasteiger partial charge in [0, 0.05) is 12.1 Å². The largest absolute Gasteiger partial charge is 0.506 e. The summed E-state index contributed by atoms with van der Waals surface area (Å²) in [7, 11) is 0. The second kappa shape index (κ2) is 7.50. The molecule has 0 fully saturated rings. The Morgan fingerprint density at radius 1 is 0.821 bits per heavy atom. The molecule has 4 aromatic rings. The van der Waals surface area contributed by atoms with Crippen LogP contribution in [0.15, 0.2) is 60.9 Å². The highest BCUT2D eigenvalue weighted by atomic mass is 16.6. The van der Waals surface area contributed by atoms with Crippen molar-refractivity contribution in [2.45, 2.75) is 0 Å². The Balaban J connectivity index is 0.000000161. The summed E-state index contributed by atoms with van der Waals surface area (Å²) in [5.41, 5.74) is 6.99. The number of non-ortho nitro benzene ring substituents is 2. The van der Waals surface area contributed by atoms with E-state index in [0.717, 1.165) is 0 Å². The summed E-state index contributed by atoms with van der Waals surface area (Å²) < 4.78 is 0. The van der Waals surface area contributed by atoms with Crippen LogP contribution in [0.1, 0.15) is 0 Å². The Kier molecular flexibility index (Phi) is 4.94. The fraction of sp³-hybridized carbons (Fsp3) is 0. The maximum atomic E-state index is 10.7. The number of nitrogens with two attached hydrogens (primary N) is 1. The van der Waals surface area contributed by atoms with Crippen molar-refractivity contribution in [3.63, 3.8) is 0 Å². The second-order valence-corrected chi connectivity index (χ2v) is 5.66. The minimum absolute atomic E-state index is 0.0299. The first-order chi connectivity index (χ1) is 13.4. The number of nitrogen functional groups attached to an aromatic ring is 1. The van der Waals surface area contributed by atoms with Gasteiger partial charge in [-0.2, -0.15) is 0 Å². The van der Waals surface area contributed by atoms with Crippen LogP contribution < -0.4 is 5.73 Å². The van der Waals surface area contributed by atoms with Crippen LogP contribution in [0.3, 0.4) is 0 Å². The van der Waals surface area contributed by atoms with Crippen LogP contribution in [-0.4, -0.2) is 24.9 Å². The number of hydrogen-bond acceptors (Lipinski definition) is 8. The summed E-state index contributed by atoms with van der Waals surface area (Å²) >= 11 is 0. The first-order valence-corrected chi connectivity index (χ1v) is 7.87. The zero-order valence-corrected chi connectivity index (χ0v) is 14.2. The third-order valence-electron chi connectivity index (χ3n) is 3.81. The fourth-order valence-corrected chi connectivity index (χ4v) is 2.59. The average Bonchev–Trinajstić information content (AvgIpc) is 2.67. The van der Waals surface area contributed by atoms with Gasteiger partial charge >= 0.3 is 0 Å². The van der Waals surface area contributed by atoms with Crippen LogP contribution in [-0.2, 0) is 0 Å². The Morgan fingerprint density at radius 3 is 1.86 bits per heavy atom. The predicted molar refractivity (Wildman–Crippen MR) is 103 cm³/mol. The average molecular weight is 379 g/mol. The number of nitrogens with zero attached hydrogens (tertiary/aromatic N) is 4. The lowest BCUT2D eigenvalue weighted by molar-refractivity contribution is -0.383. The van der Waals surface area contributed by atoms with Crippen molar-refractivity contribution in [3.8, 4) is 5.75 Å². The van der Waals surface area contributed by atoms with Gasteiger partial charge in [0.25, 0.3) is 11.4 Å². The number of rotatable bonds is 2. The molecule has 4 rings (SSSR count). The molecular weight excluding hydrogens is 366 g/mol. The molecule has 0 aliphatic heterocycles. The second-order valence-electron chi connectivity index (χ2n) is 5.66. The Morgan fingerprint density at radius 2 is 1.32 bits per heavy atom. The number of aromatic nitrogens is 2. The summed E-state index contributed by atoms with van der Waals surface area (Å²) in [6.45, 7) is 0. The van der Waals surface area contributed by atoms with Gasteiger partial charge in [-0.3, -0.25) is 30.2 Å². The van der Waals surface area contributed by atoms with Gasteiger partial charge in [0.05, 0.1) is 49.7 Å². The number of fused-ring (bicyclic) bond motifs is 2. The zero-order valence-electron chi connectivity index (χ0n) is 14.2. The Labute approximate surface area is 157 Å². The van der Waals surface area contributed by atoms with Crippen molar-refractivity contribution in [3.05, 3.63) is 81.2 Å². The van der Waals surface area contributed by atoms with E-state index in [-0.39, 0.29) is 17.1 Å². The van der Waals surface area contributed by atoms with Gasteiger partial charge in [0.15, 0.2) is 0 Å². The number of hydrogen-bond donors (Lipinski definition) is 2. The van der Waals surface area contributed by atoms with Crippen molar-refractivity contribution in [2.24, 2.45) is 0 Å². The maximum absolute atomic E-state index is 10.7. The Hall–Kier alpha value is -4.34. The lowest BCUT2D eigenvalue weighted by Crippen LogP contribution is -1.92. The Bertz CT molecular complexity index is 1120. The van der Waals surface area contributed by atoms with E-state index in [4.69, 9.17) is 10.8 Å². The number of pyridine rings is 2. The summed E-state index contributed by atoms with van der Waals surface area (Å²) in [5, 5.41) is 31.3. The topological polar surface area (TPSA) is 158 Å². The standard InChI is InChI=1S/C9H7N3O2.C9H6N2O3/c10-6-4-7-8(11-5-6)2-1-3-9(7)12(13)14;12-6-4-7-8(10-5-6)2-1-3-9(7)11(13)14/h1-5H,10H2;1-5,12H. The molecule has 140 valence electrons. The van der Waals surface area contributed by atoms with Crippen LogP contribution >= 0.6 is 0 Å². The molecule has 2 heterocycles. The number of anilines is 1. The SMILES string of the molecule is Nc1cnc2cccc([N+](=O)[O-])c2c1.O=[N+]([O-])c1cccc2ncc(O)cc12. The summed E-state index contributed by atoms with van der Waals surface area (Å²) in [4.78, 5) is 28.2. The van der Waals surface area contributed by atoms with Crippen LogP contribution in [0, 0.1) is 20.2 Å². The van der Waals surface area contributed by atoms with E-state index in [1.54, 1.807) is 30.3 Å². The van der Waals surface area contributed by atoms with Gasteiger partial charge in [-0.25, -0.2) is 0 Å². The van der Waals surface area contributed by atoms with Gasteiger partial charge in [-0.15, -0.1) is 0 Å². The molecule has 28 heavy (non-hydrogen) atoms. The minimum Gasteiger partial charge on any atom is -0.506 e. The van der Waals surface area contributed by atoms with Crippen molar-refractivity contribution < 1.29 is 15.0 Å². The van der Waals surface area contributed by atoms with Crippen LogP contribution in [0.25, 0.3) is 21.8 Å². The first-order valence-electron chi connectivity index (χ1n) is 7.87. The fourth-order valence-electron chi connectivity index (χ4n) is 2.59. The molecular formula is C18H13N5O5. The number of benzene rings is 2. The molecule has 0 radical (unpaired) electrons. The van der Waals surface area contributed by atoms with Crippen molar-refractivity contribution >= 4 is 38.9 Å². The van der Waals surface area contributed by atoms with E-state index in [9.17, 15) is 20.2 Å². The van der Waals surface area contributed by atoms with Gasteiger partial charge in [0.1, 0.15) is 5.75 Å². The molecule has 0 spiro atoms.